The van der Waals surface area contributed by atoms with E-state index in [1.807, 2.05) is 18.2 Å². The second-order valence-electron chi connectivity index (χ2n) is 12.7. The van der Waals surface area contributed by atoms with Crippen LogP contribution in [0.2, 0.25) is 0 Å². The third-order valence-corrected chi connectivity index (χ3v) is 6.11. The Balaban J connectivity index is 2.89. The van der Waals surface area contributed by atoms with Gasteiger partial charge in [0.15, 0.2) is 0 Å². The van der Waals surface area contributed by atoms with Crippen molar-refractivity contribution in [1.82, 2.24) is 21.3 Å². The van der Waals surface area contributed by atoms with Gasteiger partial charge in [-0.2, -0.15) is 0 Å². The van der Waals surface area contributed by atoms with Gasteiger partial charge in [0.2, 0.25) is 23.6 Å². The Labute approximate surface area is 253 Å². The lowest BCUT2D eigenvalue weighted by Crippen LogP contribution is -2.65. The van der Waals surface area contributed by atoms with Crippen LogP contribution in [0.3, 0.4) is 0 Å². The smallest absolute Gasteiger partial charge is 0.408 e. The molecule has 0 fully saturated rings. The topological polar surface area (TPSA) is 195 Å². The van der Waals surface area contributed by atoms with Crippen LogP contribution >= 0.6 is 0 Å². The molecule has 0 saturated heterocycles. The number of amides is 5. The molecular formula is C30H47N5O8. The van der Waals surface area contributed by atoms with Crippen molar-refractivity contribution in [3.8, 4) is 0 Å². The molecule has 13 nitrogen and oxygen atoms in total. The first kappa shape index (κ1) is 36.9. The van der Waals surface area contributed by atoms with E-state index < -0.39 is 64.5 Å². The first-order valence-electron chi connectivity index (χ1n) is 14.1. The van der Waals surface area contributed by atoms with Gasteiger partial charge in [0.25, 0.3) is 0 Å². The summed E-state index contributed by atoms with van der Waals surface area (Å²) < 4.78 is 10.6. The zero-order chi connectivity index (χ0) is 33.2. The molecule has 0 saturated carbocycles. The summed E-state index contributed by atoms with van der Waals surface area (Å²) in [5, 5.41) is 10.3. The minimum absolute atomic E-state index is 0.0153. The normalized spacial score (nSPS) is 13.3. The van der Waals surface area contributed by atoms with E-state index in [0.717, 1.165) is 5.56 Å². The van der Waals surface area contributed by atoms with E-state index in [4.69, 9.17) is 15.2 Å². The minimum atomic E-state index is -1.55. The standard InChI is InChI=1S/C30H47N5O8/c1-18(2)22(33-27(41)42-17-19-13-11-10-12-14-19)23(37)34-30(8,9)26(40)35-29(6,7)25(39)32-20(15-16-21(31)36)24(38)43-28(3,4)5/h10-14,18,20,22H,15-17H2,1-9H3,(H2,31,36)(H,32,39)(H,33,41)(H,34,37)(H,35,40)/t20-,22-/m0/s1. The summed E-state index contributed by atoms with van der Waals surface area (Å²) in [6.45, 7) is 14.2. The molecule has 0 unspecified atom stereocenters. The lowest BCUT2D eigenvalue weighted by atomic mass is 9.96. The predicted octanol–water partition coefficient (Wildman–Crippen LogP) is 1.82. The van der Waals surface area contributed by atoms with E-state index in [0.29, 0.717) is 0 Å². The van der Waals surface area contributed by atoms with Crippen LogP contribution in [0, 0.1) is 5.92 Å². The SMILES string of the molecule is CC(C)[C@H](NC(=O)OCc1ccccc1)C(=O)NC(C)(C)C(=O)NC(C)(C)C(=O)N[C@@H](CCC(N)=O)C(=O)OC(C)(C)C. The fraction of sp³-hybridized carbons (Fsp3) is 0.600. The number of primary amides is 1. The molecule has 0 heterocycles. The number of benzene rings is 1. The van der Waals surface area contributed by atoms with E-state index in [9.17, 15) is 28.8 Å². The molecule has 1 rings (SSSR count). The summed E-state index contributed by atoms with van der Waals surface area (Å²) in [6, 6.07) is 6.82. The van der Waals surface area contributed by atoms with Gasteiger partial charge < -0.3 is 36.5 Å². The lowest BCUT2D eigenvalue weighted by molar-refractivity contribution is -0.159. The van der Waals surface area contributed by atoms with Crippen LogP contribution in [0.15, 0.2) is 30.3 Å². The van der Waals surface area contributed by atoms with Gasteiger partial charge in [-0.25, -0.2) is 9.59 Å². The highest BCUT2D eigenvalue weighted by molar-refractivity contribution is 5.98. The van der Waals surface area contributed by atoms with E-state index >= 15 is 0 Å². The number of carbonyl (C=O) groups excluding carboxylic acids is 6. The quantitative estimate of drug-likeness (QED) is 0.198. The Morgan fingerprint density at radius 1 is 0.814 bits per heavy atom. The van der Waals surface area contributed by atoms with Gasteiger partial charge in [-0.1, -0.05) is 44.2 Å². The van der Waals surface area contributed by atoms with E-state index in [1.54, 1.807) is 46.8 Å². The highest BCUT2D eigenvalue weighted by Gasteiger charge is 2.40. The molecule has 0 spiro atoms. The fourth-order valence-corrected chi connectivity index (χ4v) is 3.61. The maximum absolute atomic E-state index is 13.2. The Kier molecular flexibility index (Phi) is 13.2. The molecular weight excluding hydrogens is 558 g/mol. The molecule has 240 valence electrons. The average Bonchev–Trinajstić information content (AvgIpc) is 2.86. The van der Waals surface area contributed by atoms with Crippen LogP contribution in [0.4, 0.5) is 4.79 Å². The van der Waals surface area contributed by atoms with Gasteiger partial charge in [0.1, 0.15) is 35.4 Å². The zero-order valence-electron chi connectivity index (χ0n) is 26.6. The molecule has 6 N–H and O–H groups in total. The van der Waals surface area contributed by atoms with Crippen molar-refractivity contribution < 1.29 is 38.2 Å². The number of ether oxygens (including phenoxy) is 2. The maximum Gasteiger partial charge on any atom is 0.408 e. The summed E-state index contributed by atoms with van der Waals surface area (Å²) in [5.74, 6) is -3.84. The summed E-state index contributed by atoms with van der Waals surface area (Å²) in [7, 11) is 0. The number of nitrogens with one attached hydrogen (secondary N) is 4. The van der Waals surface area contributed by atoms with Gasteiger partial charge in [-0.15, -0.1) is 0 Å². The summed E-state index contributed by atoms with van der Waals surface area (Å²) in [5.41, 5.74) is 2.07. The van der Waals surface area contributed by atoms with Crippen molar-refractivity contribution in [2.45, 2.75) is 111 Å². The van der Waals surface area contributed by atoms with Crippen molar-refractivity contribution in [3.05, 3.63) is 35.9 Å². The fourth-order valence-electron chi connectivity index (χ4n) is 3.61. The van der Waals surface area contributed by atoms with Crippen LogP contribution in [0.25, 0.3) is 0 Å². The molecule has 43 heavy (non-hydrogen) atoms. The highest BCUT2D eigenvalue weighted by Crippen LogP contribution is 2.14. The van der Waals surface area contributed by atoms with E-state index in [2.05, 4.69) is 21.3 Å². The number of esters is 1. The molecule has 1 aromatic carbocycles. The Hall–Kier alpha value is -4.16. The monoisotopic (exact) mass is 605 g/mol. The van der Waals surface area contributed by atoms with Crippen molar-refractivity contribution in [1.29, 1.82) is 0 Å². The second kappa shape index (κ2) is 15.4. The largest absolute Gasteiger partial charge is 0.458 e. The van der Waals surface area contributed by atoms with Crippen LogP contribution in [-0.2, 0) is 40.1 Å². The number of nitrogens with two attached hydrogens (primary N) is 1. The van der Waals surface area contributed by atoms with Gasteiger partial charge in [-0.05, 0) is 66.4 Å². The molecule has 0 radical (unpaired) electrons. The maximum atomic E-state index is 13.2. The summed E-state index contributed by atoms with van der Waals surface area (Å²) >= 11 is 0. The Morgan fingerprint density at radius 2 is 1.37 bits per heavy atom. The average molecular weight is 606 g/mol. The zero-order valence-corrected chi connectivity index (χ0v) is 26.6. The van der Waals surface area contributed by atoms with E-state index in [-0.39, 0.29) is 25.4 Å². The molecule has 0 aromatic heterocycles. The van der Waals surface area contributed by atoms with Crippen molar-refractivity contribution in [2.75, 3.05) is 0 Å². The van der Waals surface area contributed by atoms with Gasteiger partial charge in [0.05, 0.1) is 0 Å². The molecule has 13 heteroatoms. The van der Waals surface area contributed by atoms with Crippen LogP contribution in [0.5, 0.6) is 0 Å². The van der Waals surface area contributed by atoms with Crippen LogP contribution in [-0.4, -0.2) is 64.5 Å². The third-order valence-electron chi connectivity index (χ3n) is 6.11. The second-order valence-corrected chi connectivity index (χ2v) is 12.7. The van der Waals surface area contributed by atoms with E-state index in [1.165, 1.54) is 27.7 Å². The number of hydrogen-bond donors (Lipinski definition) is 5. The van der Waals surface area contributed by atoms with Crippen LogP contribution < -0.4 is 27.0 Å². The number of carbonyl (C=O) groups is 6. The van der Waals surface area contributed by atoms with Crippen molar-refractivity contribution in [3.63, 3.8) is 0 Å². The Morgan fingerprint density at radius 3 is 1.88 bits per heavy atom. The minimum Gasteiger partial charge on any atom is -0.458 e. The summed E-state index contributed by atoms with van der Waals surface area (Å²) in [6.07, 6.45) is -1.08. The van der Waals surface area contributed by atoms with Gasteiger partial charge in [-0.3, -0.25) is 19.2 Å². The molecule has 5 amide bonds. The van der Waals surface area contributed by atoms with Crippen LogP contribution in [0.1, 0.15) is 80.7 Å². The van der Waals surface area contributed by atoms with Crippen molar-refractivity contribution >= 4 is 35.7 Å². The molecule has 0 bridgehead atoms. The molecule has 0 aliphatic heterocycles. The predicted molar refractivity (Wildman–Crippen MR) is 159 cm³/mol. The molecule has 2 atom stereocenters. The number of alkyl carbamates (subject to hydrolysis) is 1. The van der Waals surface area contributed by atoms with Gasteiger partial charge >= 0.3 is 12.1 Å². The summed E-state index contributed by atoms with van der Waals surface area (Å²) in [4.78, 5) is 75.9. The highest BCUT2D eigenvalue weighted by atomic mass is 16.6. The number of rotatable bonds is 14. The first-order chi connectivity index (χ1) is 19.6. The lowest BCUT2D eigenvalue weighted by Gasteiger charge is -2.34. The Bertz CT molecular complexity index is 1160. The first-order valence-corrected chi connectivity index (χ1v) is 14.1. The van der Waals surface area contributed by atoms with Gasteiger partial charge in [0, 0.05) is 6.42 Å². The third kappa shape index (κ3) is 13.1. The van der Waals surface area contributed by atoms with Crippen molar-refractivity contribution in [2.24, 2.45) is 11.7 Å². The molecule has 1 aromatic rings. The molecule has 0 aliphatic carbocycles. The molecule has 0 aliphatic rings. The number of hydrogen-bond acceptors (Lipinski definition) is 8.